The Kier molecular flexibility index (Phi) is 5.47. The van der Waals surface area contributed by atoms with Crippen molar-refractivity contribution in [2.45, 2.75) is 51.2 Å². The van der Waals surface area contributed by atoms with E-state index in [0.717, 1.165) is 18.5 Å². The maximum atomic E-state index is 13.1. The van der Waals surface area contributed by atoms with Crippen LogP contribution in [-0.4, -0.2) is 89.5 Å². The van der Waals surface area contributed by atoms with Gasteiger partial charge in [-0.1, -0.05) is 0 Å². The number of aromatic nitrogens is 2. The quantitative estimate of drug-likeness (QED) is 0.790. The number of morpholine rings is 1. The zero-order chi connectivity index (χ0) is 19.9. The first-order valence-electron chi connectivity index (χ1n) is 10.1. The highest BCUT2D eigenvalue weighted by Gasteiger charge is 2.39. The molecule has 0 bridgehead atoms. The average molecular weight is 412 g/mol. The molecule has 1 aromatic heterocycles. The minimum absolute atomic E-state index is 0.00405. The van der Waals surface area contributed by atoms with Gasteiger partial charge >= 0.3 is 0 Å². The molecule has 9 nitrogen and oxygen atoms in total. The summed E-state index contributed by atoms with van der Waals surface area (Å²) in [5.41, 5.74) is 1.29. The lowest BCUT2D eigenvalue weighted by molar-refractivity contribution is -0.0586. The number of nitrogens with zero attached hydrogens (tertiary/aromatic N) is 4. The third-order valence-corrected chi connectivity index (χ3v) is 7.88. The van der Waals surface area contributed by atoms with Crippen LogP contribution < -0.4 is 0 Å². The number of aromatic amines is 1. The Hall–Kier alpha value is -1.49. The summed E-state index contributed by atoms with van der Waals surface area (Å²) in [4.78, 5) is 14.9. The summed E-state index contributed by atoms with van der Waals surface area (Å²) in [5, 5.41) is 7.07. The monoisotopic (exact) mass is 411 g/mol. The van der Waals surface area contributed by atoms with Crippen LogP contribution in [0.3, 0.4) is 0 Å². The van der Waals surface area contributed by atoms with Crippen LogP contribution in [0.25, 0.3) is 0 Å². The maximum Gasteiger partial charge on any atom is 0.281 e. The Morgan fingerprint density at radius 2 is 1.79 bits per heavy atom. The molecule has 3 atom stereocenters. The number of ether oxygens (including phenoxy) is 1. The molecular formula is C18H29N5O4S. The van der Waals surface area contributed by atoms with Crippen molar-refractivity contribution in [1.82, 2.24) is 23.7 Å². The summed E-state index contributed by atoms with van der Waals surface area (Å²) < 4.78 is 34.5. The van der Waals surface area contributed by atoms with Crippen LogP contribution in [-0.2, 0) is 14.9 Å². The van der Waals surface area contributed by atoms with Crippen molar-refractivity contribution in [1.29, 1.82) is 0 Å². The third-order valence-electron chi connectivity index (χ3n) is 5.88. The highest BCUT2D eigenvalue weighted by Crippen LogP contribution is 2.32. The van der Waals surface area contributed by atoms with Gasteiger partial charge < -0.3 is 9.64 Å². The molecule has 3 aliphatic rings. The number of H-pyrrole nitrogens is 1. The van der Waals surface area contributed by atoms with Gasteiger partial charge in [-0.2, -0.15) is 22.1 Å². The second kappa shape index (κ2) is 7.74. The topological polar surface area (TPSA) is 98.8 Å². The second-order valence-corrected chi connectivity index (χ2v) is 10.1. The van der Waals surface area contributed by atoms with E-state index in [1.54, 1.807) is 19.7 Å². The lowest BCUT2D eigenvalue weighted by Gasteiger charge is -2.35. The normalized spacial score (nSPS) is 30.2. The maximum absolute atomic E-state index is 13.1. The van der Waals surface area contributed by atoms with E-state index >= 15 is 0 Å². The fourth-order valence-electron chi connectivity index (χ4n) is 4.55. The molecule has 4 rings (SSSR count). The summed E-state index contributed by atoms with van der Waals surface area (Å²) in [6, 6.07) is 0. The van der Waals surface area contributed by atoms with Gasteiger partial charge in [0.25, 0.3) is 16.1 Å². The smallest absolute Gasteiger partial charge is 0.281 e. The van der Waals surface area contributed by atoms with Gasteiger partial charge in [0.05, 0.1) is 29.7 Å². The number of carbonyl (C=O) groups is 1. The zero-order valence-electron chi connectivity index (χ0n) is 16.5. The summed E-state index contributed by atoms with van der Waals surface area (Å²) in [6.45, 7) is 7.09. The van der Waals surface area contributed by atoms with Gasteiger partial charge in [0, 0.05) is 45.2 Å². The lowest BCUT2D eigenvalue weighted by Crippen LogP contribution is -2.48. The summed E-state index contributed by atoms with van der Waals surface area (Å²) in [6.07, 6.45) is 4.09. The number of hydrogen-bond acceptors (Lipinski definition) is 5. The number of nitrogens with one attached hydrogen (secondary N) is 1. The molecule has 1 N–H and O–H groups in total. The van der Waals surface area contributed by atoms with E-state index in [2.05, 4.69) is 10.2 Å². The SMILES string of the molecule is C[C@@H]1CN(C(=O)c2cn[nH]c2[C@H]2CCN(S(=O)(=O)N3CCCC3)C2)C[C@H](C)O1. The number of amides is 1. The predicted molar refractivity (Wildman–Crippen MR) is 103 cm³/mol. The van der Waals surface area contributed by atoms with Crippen molar-refractivity contribution < 1.29 is 17.9 Å². The number of rotatable bonds is 4. The van der Waals surface area contributed by atoms with E-state index < -0.39 is 10.2 Å². The van der Waals surface area contributed by atoms with Crippen LogP contribution in [0, 0.1) is 0 Å². The van der Waals surface area contributed by atoms with Crippen LogP contribution in [0.1, 0.15) is 55.1 Å². The minimum atomic E-state index is -3.41. The van der Waals surface area contributed by atoms with Crippen LogP contribution in [0.15, 0.2) is 6.20 Å². The molecule has 3 saturated heterocycles. The molecule has 0 aromatic carbocycles. The molecule has 0 unspecified atom stereocenters. The van der Waals surface area contributed by atoms with Crippen molar-refractivity contribution in [3.63, 3.8) is 0 Å². The standard InChI is InChI=1S/C18H29N5O4S/c1-13-10-21(11-14(2)27-13)18(24)16-9-19-20-17(16)15-5-8-23(12-15)28(25,26)22-6-3-4-7-22/h9,13-15H,3-8,10-12H2,1-2H3,(H,19,20)/t13-,14+,15-/m0/s1. The fraction of sp³-hybridized carbons (Fsp3) is 0.778. The fourth-order valence-corrected chi connectivity index (χ4v) is 6.30. The van der Waals surface area contributed by atoms with E-state index in [4.69, 9.17) is 4.74 Å². The Bertz CT molecular complexity index is 810. The van der Waals surface area contributed by atoms with Crippen LogP contribution >= 0.6 is 0 Å². The van der Waals surface area contributed by atoms with Crippen molar-refractivity contribution in [2.75, 3.05) is 39.3 Å². The molecule has 0 spiro atoms. The number of hydrogen-bond donors (Lipinski definition) is 1. The van der Waals surface area contributed by atoms with Crippen LogP contribution in [0.2, 0.25) is 0 Å². The molecular weight excluding hydrogens is 382 g/mol. The molecule has 0 aliphatic carbocycles. The van der Waals surface area contributed by atoms with Crippen molar-refractivity contribution in [2.24, 2.45) is 0 Å². The Labute approximate surface area is 166 Å². The summed E-state index contributed by atoms with van der Waals surface area (Å²) in [7, 11) is -3.41. The molecule has 0 saturated carbocycles. The van der Waals surface area contributed by atoms with Gasteiger partial charge in [0.2, 0.25) is 0 Å². The van der Waals surface area contributed by atoms with Crippen LogP contribution in [0.4, 0.5) is 0 Å². The highest BCUT2D eigenvalue weighted by atomic mass is 32.2. The van der Waals surface area contributed by atoms with Crippen molar-refractivity contribution >= 4 is 16.1 Å². The highest BCUT2D eigenvalue weighted by molar-refractivity contribution is 7.86. The van der Waals surface area contributed by atoms with Crippen LogP contribution in [0.5, 0.6) is 0 Å². The van der Waals surface area contributed by atoms with Crippen molar-refractivity contribution in [3.8, 4) is 0 Å². The first kappa shape index (κ1) is 19.8. The molecule has 28 heavy (non-hydrogen) atoms. The molecule has 3 aliphatic heterocycles. The molecule has 156 valence electrons. The van der Waals surface area contributed by atoms with Gasteiger partial charge in [-0.05, 0) is 33.1 Å². The van der Waals surface area contributed by atoms with Gasteiger partial charge in [-0.3, -0.25) is 9.89 Å². The third kappa shape index (κ3) is 3.70. The van der Waals surface area contributed by atoms with E-state index in [9.17, 15) is 13.2 Å². The van der Waals surface area contributed by atoms with E-state index in [1.165, 1.54) is 0 Å². The molecule has 1 amide bonds. The Morgan fingerprint density at radius 3 is 2.46 bits per heavy atom. The summed E-state index contributed by atoms with van der Waals surface area (Å²) in [5.74, 6) is -0.110. The predicted octanol–water partition coefficient (Wildman–Crippen LogP) is 0.789. The number of carbonyl (C=O) groups excluding carboxylic acids is 1. The first-order valence-corrected chi connectivity index (χ1v) is 11.5. The molecule has 10 heteroatoms. The molecule has 0 radical (unpaired) electrons. The Morgan fingerprint density at radius 1 is 1.11 bits per heavy atom. The summed E-state index contributed by atoms with van der Waals surface area (Å²) >= 11 is 0. The average Bonchev–Trinajstić information content (AvgIpc) is 3.41. The lowest BCUT2D eigenvalue weighted by atomic mass is 10.0. The van der Waals surface area contributed by atoms with E-state index in [-0.39, 0.29) is 24.0 Å². The van der Waals surface area contributed by atoms with Gasteiger partial charge in [0.1, 0.15) is 0 Å². The largest absolute Gasteiger partial charge is 0.372 e. The van der Waals surface area contributed by atoms with Crippen molar-refractivity contribution in [3.05, 3.63) is 17.5 Å². The van der Waals surface area contributed by atoms with E-state index in [0.29, 0.717) is 51.3 Å². The molecule has 3 fully saturated rings. The minimum Gasteiger partial charge on any atom is -0.372 e. The first-order chi connectivity index (χ1) is 13.4. The van der Waals surface area contributed by atoms with Gasteiger partial charge in [-0.15, -0.1) is 0 Å². The Balaban J connectivity index is 1.48. The molecule has 4 heterocycles. The molecule has 1 aromatic rings. The van der Waals surface area contributed by atoms with Gasteiger partial charge in [-0.25, -0.2) is 0 Å². The zero-order valence-corrected chi connectivity index (χ0v) is 17.3. The van der Waals surface area contributed by atoms with Gasteiger partial charge in [0.15, 0.2) is 0 Å². The second-order valence-electron chi connectivity index (χ2n) is 8.12. The van der Waals surface area contributed by atoms with E-state index in [1.807, 2.05) is 13.8 Å².